The first kappa shape index (κ1) is 9.64. The van der Waals surface area contributed by atoms with Gasteiger partial charge in [0.1, 0.15) is 5.22 Å². The number of aromatic amines is 1. The van der Waals surface area contributed by atoms with E-state index in [1.54, 1.807) is 7.05 Å². The van der Waals surface area contributed by atoms with Gasteiger partial charge in [-0.05, 0) is 6.42 Å². The molecule has 0 atom stereocenters. The Labute approximate surface area is 75.8 Å². The SMILES string of the molecule is CCCC=c1[nH]n(C)c(=O)c1=CO. The first-order chi connectivity index (χ1) is 6.20. The molecule has 0 fully saturated rings. The molecule has 13 heavy (non-hydrogen) atoms. The Kier molecular flexibility index (Phi) is 2.95. The van der Waals surface area contributed by atoms with E-state index < -0.39 is 0 Å². The number of hydrogen-bond donors (Lipinski definition) is 2. The molecule has 0 unspecified atom stereocenters. The van der Waals surface area contributed by atoms with E-state index in [-0.39, 0.29) is 5.56 Å². The highest BCUT2D eigenvalue weighted by atomic mass is 16.2. The largest absolute Gasteiger partial charge is 0.515 e. The molecule has 0 saturated carbocycles. The topological polar surface area (TPSA) is 58.0 Å². The summed E-state index contributed by atoms with van der Waals surface area (Å²) in [7, 11) is 1.62. The molecule has 4 heteroatoms. The van der Waals surface area contributed by atoms with Gasteiger partial charge in [-0.1, -0.05) is 19.4 Å². The zero-order valence-electron chi connectivity index (χ0n) is 7.87. The monoisotopic (exact) mass is 182 g/mol. The fraction of sp³-hybridized carbons (Fsp3) is 0.444. The van der Waals surface area contributed by atoms with Crippen LogP contribution in [0, 0.1) is 0 Å². The predicted octanol–water partition coefficient (Wildman–Crippen LogP) is -0.410. The summed E-state index contributed by atoms with van der Waals surface area (Å²) in [6.07, 6.45) is 4.66. The van der Waals surface area contributed by atoms with Gasteiger partial charge in [0.15, 0.2) is 0 Å². The minimum atomic E-state index is -0.204. The molecule has 4 nitrogen and oxygen atoms in total. The summed E-state index contributed by atoms with van der Waals surface area (Å²) in [6, 6.07) is 0. The summed E-state index contributed by atoms with van der Waals surface area (Å²) < 4.78 is 1.35. The van der Waals surface area contributed by atoms with Gasteiger partial charge in [0, 0.05) is 7.05 Å². The maximum Gasteiger partial charge on any atom is 0.277 e. The minimum absolute atomic E-state index is 0.204. The third-order valence-corrected chi connectivity index (χ3v) is 1.88. The van der Waals surface area contributed by atoms with Gasteiger partial charge in [-0.25, -0.2) is 0 Å². The zero-order valence-corrected chi connectivity index (χ0v) is 7.87. The molecule has 0 amide bonds. The van der Waals surface area contributed by atoms with Crippen molar-refractivity contribution in [1.29, 1.82) is 0 Å². The Morgan fingerprint density at radius 2 is 2.31 bits per heavy atom. The number of H-pyrrole nitrogens is 1. The van der Waals surface area contributed by atoms with E-state index in [0.29, 0.717) is 10.6 Å². The summed E-state index contributed by atoms with van der Waals surface area (Å²) >= 11 is 0. The highest BCUT2D eigenvalue weighted by molar-refractivity contribution is 5.22. The van der Waals surface area contributed by atoms with Gasteiger partial charge in [-0.3, -0.25) is 14.6 Å². The van der Waals surface area contributed by atoms with Crippen LogP contribution in [0.3, 0.4) is 0 Å². The molecule has 1 aromatic heterocycles. The molecular weight excluding hydrogens is 168 g/mol. The first-order valence-corrected chi connectivity index (χ1v) is 4.30. The van der Waals surface area contributed by atoms with Crippen LogP contribution in [0.4, 0.5) is 0 Å². The minimum Gasteiger partial charge on any atom is -0.515 e. The summed E-state index contributed by atoms with van der Waals surface area (Å²) in [5.74, 6) is 0. The number of nitrogens with one attached hydrogen (secondary N) is 1. The second-order valence-electron chi connectivity index (χ2n) is 2.93. The van der Waals surface area contributed by atoms with E-state index in [1.807, 2.05) is 6.08 Å². The Bertz CT molecular complexity index is 439. The van der Waals surface area contributed by atoms with Gasteiger partial charge in [0.25, 0.3) is 5.56 Å². The Balaban J connectivity index is 3.40. The smallest absolute Gasteiger partial charge is 0.277 e. The summed E-state index contributed by atoms with van der Waals surface area (Å²) in [5, 5.41) is 12.7. The van der Waals surface area contributed by atoms with Crippen molar-refractivity contribution >= 4 is 12.3 Å². The summed E-state index contributed by atoms with van der Waals surface area (Å²) in [6.45, 7) is 2.06. The van der Waals surface area contributed by atoms with E-state index in [4.69, 9.17) is 5.11 Å². The molecule has 1 aromatic rings. The van der Waals surface area contributed by atoms with Crippen LogP contribution in [0.15, 0.2) is 4.79 Å². The second kappa shape index (κ2) is 3.98. The molecule has 0 spiro atoms. The third kappa shape index (κ3) is 1.83. The third-order valence-electron chi connectivity index (χ3n) is 1.88. The lowest BCUT2D eigenvalue weighted by molar-refractivity contribution is 0.539. The maximum absolute atomic E-state index is 11.3. The average Bonchev–Trinajstić information content (AvgIpc) is 2.39. The number of rotatable bonds is 2. The van der Waals surface area contributed by atoms with Gasteiger partial charge in [-0.15, -0.1) is 0 Å². The number of unbranched alkanes of at least 4 members (excludes halogenated alkanes) is 1. The van der Waals surface area contributed by atoms with Crippen LogP contribution < -0.4 is 16.1 Å². The van der Waals surface area contributed by atoms with Crippen LogP contribution in [-0.2, 0) is 7.05 Å². The van der Waals surface area contributed by atoms with Crippen LogP contribution in [0.5, 0.6) is 0 Å². The fourth-order valence-corrected chi connectivity index (χ4v) is 1.16. The normalized spacial score (nSPS) is 14.0. The molecule has 0 aliphatic heterocycles. The average molecular weight is 182 g/mol. The second-order valence-corrected chi connectivity index (χ2v) is 2.93. The van der Waals surface area contributed by atoms with E-state index in [0.717, 1.165) is 19.1 Å². The van der Waals surface area contributed by atoms with Crippen LogP contribution in [0.1, 0.15) is 19.8 Å². The van der Waals surface area contributed by atoms with Crippen molar-refractivity contribution in [2.75, 3.05) is 0 Å². The molecule has 0 radical (unpaired) electrons. The van der Waals surface area contributed by atoms with Crippen LogP contribution in [0.2, 0.25) is 0 Å². The number of nitrogens with zero attached hydrogens (tertiary/aromatic N) is 1. The molecular formula is C9H14N2O2. The number of aliphatic hydroxyl groups excluding tert-OH is 1. The fourth-order valence-electron chi connectivity index (χ4n) is 1.16. The molecule has 2 N–H and O–H groups in total. The molecule has 0 aliphatic rings. The van der Waals surface area contributed by atoms with E-state index >= 15 is 0 Å². The Morgan fingerprint density at radius 3 is 2.85 bits per heavy atom. The maximum atomic E-state index is 11.3. The summed E-state index contributed by atoms with van der Waals surface area (Å²) in [4.78, 5) is 11.3. The van der Waals surface area contributed by atoms with E-state index in [1.165, 1.54) is 4.68 Å². The van der Waals surface area contributed by atoms with Crippen LogP contribution in [0.25, 0.3) is 12.3 Å². The highest BCUT2D eigenvalue weighted by Gasteiger charge is 1.96. The van der Waals surface area contributed by atoms with E-state index in [2.05, 4.69) is 12.0 Å². The van der Waals surface area contributed by atoms with Gasteiger partial charge in [0.2, 0.25) is 0 Å². The van der Waals surface area contributed by atoms with Crippen LogP contribution >= 0.6 is 0 Å². The first-order valence-electron chi connectivity index (χ1n) is 4.30. The number of hydrogen-bond acceptors (Lipinski definition) is 2. The van der Waals surface area contributed by atoms with Crippen molar-refractivity contribution in [3.8, 4) is 0 Å². The number of aliphatic hydroxyl groups is 1. The zero-order chi connectivity index (χ0) is 9.84. The standard InChI is InChI=1S/C9H14N2O2/c1-3-4-5-8-7(6-12)9(13)11(2)10-8/h5-6,10,12H,3-4H2,1-2H3. The molecule has 72 valence electrons. The predicted molar refractivity (Wildman–Crippen MR) is 51.8 cm³/mol. The number of aryl methyl sites for hydroxylation is 1. The van der Waals surface area contributed by atoms with Crippen molar-refractivity contribution in [3.05, 3.63) is 20.9 Å². The van der Waals surface area contributed by atoms with Crippen molar-refractivity contribution in [1.82, 2.24) is 9.78 Å². The van der Waals surface area contributed by atoms with Gasteiger partial charge < -0.3 is 5.11 Å². The molecule has 0 aromatic carbocycles. The lowest BCUT2D eigenvalue weighted by atomic mass is 10.3. The Morgan fingerprint density at radius 1 is 1.62 bits per heavy atom. The molecule has 1 heterocycles. The summed E-state index contributed by atoms with van der Waals surface area (Å²) in [5.41, 5.74) is -0.204. The van der Waals surface area contributed by atoms with Crippen LogP contribution in [-0.4, -0.2) is 14.9 Å². The van der Waals surface area contributed by atoms with Crippen molar-refractivity contribution < 1.29 is 5.11 Å². The molecule has 1 rings (SSSR count). The lowest BCUT2D eigenvalue weighted by Gasteiger charge is -1.84. The Hall–Kier alpha value is -1.45. The highest BCUT2D eigenvalue weighted by Crippen LogP contribution is 1.84. The lowest BCUT2D eigenvalue weighted by Crippen LogP contribution is -2.34. The molecule has 0 saturated heterocycles. The van der Waals surface area contributed by atoms with Gasteiger partial charge in [0.05, 0.1) is 11.6 Å². The number of aromatic nitrogens is 2. The van der Waals surface area contributed by atoms with Gasteiger partial charge >= 0.3 is 0 Å². The van der Waals surface area contributed by atoms with Crippen molar-refractivity contribution in [2.45, 2.75) is 19.8 Å². The van der Waals surface area contributed by atoms with Crippen molar-refractivity contribution in [2.24, 2.45) is 7.05 Å². The van der Waals surface area contributed by atoms with Crippen molar-refractivity contribution in [3.63, 3.8) is 0 Å². The quantitative estimate of drug-likeness (QED) is 0.653. The van der Waals surface area contributed by atoms with Gasteiger partial charge in [-0.2, -0.15) is 0 Å². The van der Waals surface area contributed by atoms with E-state index in [9.17, 15) is 4.79 Å². The molecule has 0 bridgehead atoms. The molecule has 0 aliphatic carbocycles.